The van der Waals surface area contributed by atoms with Crippen molar-refractivity contribution in [2.75, 3.05) is 13.1 Å². The molecule has 0 unspecified atom stereocenters. The fraction of sp³-hybridized carbons (Fsp3) is 0.417. The molecule has 0 fully saturated rings. The number of amides is 1. The Morgan fingerprint density at radius 2 is 1.83 bits per heavy atom. The topological polar surface area (TPSA) is 54.5 Å². The van der Waals surface area contributed by atoms with E-state index in [0.29, 0.717) is 13.1 Å². The Kier molecular flexibility index (Phi) is 4.76. The average Bonchev–Trinajstić information content (AvgIpc) is 2.28. The summed E-state index contributed by atoms with van der Waals surface area (Å²) in [4.78, 5) is 13.7. The Balaban J connectivity index is 3.39. The maximum absolute atomic E-state index is 12.2. The molecule has 4 nitrogen and oxygen atoms in total. The molecule has 0 saturated carbocycles. The second kappa shape index (κ2) is 5.71. The first-order chi connectivity index (χ1) is 8.31. The van der Waals surface area contributed by atoms with Gasteiger partial charge >= 0.3 is 0 Å². The van der Waals surface area contributed by atoms with Crippen LogP contribution in [-0.2, 0) is 9.05 Å². The average molecular weight is 290 g/mol. The van der Waals surface area contributed by atoms with E-state index >= 15 is 0 Å². The molecule has 1 rings (SSSR count). The maximum Gasteiger partial charge on any atom is 0.262 e. The first-order valence-electron chi connectivity index (χ1n) is 5.65. The van der Waals surface area contributed by atoms with E-state index in [2.05, 4.69) is 0 Å². The molecule has 0 aliphatic heterocycles. The van der Waals surface area contributed by atoms with Crippen LogP contribution in [0.3, 0.4) is 0 Å². The van der Waals surface area contributed by atoms with Crippen molar-refractivity contribution >= 4 is 25.6 Å². The minimum atomic E-state index is -3.92. The number of nitrogens with zero attached hydrogens (tertiary/aromatic N) is 1. The van der Waals surface area contributed by atoms with Crippen LogP contribution in [0.1, 0.15) is 29.8 Å². The monoisotopic (exact) mass is 289 g/mol. The molecule has 0 radical (unpaired) electrons. The number of carbonyl (C=O) groups excluding carboxylic acids is 1. The van der Waals surface area contributed by atoms with E-state index in [9.17, 15) is 13.2 Å². The van der Waals surface area contributed by atoms with Crippen molar-refractivity contribution < 1.29 is 13.2 Å². The molecule has 0 heterocycles. The SMILES string of the molecule is CCN(CC)C(=O)c1cc(C)ccc1S(=O)(=O)Cl. The van der Waals surface area contributed by atoms with Crippen LogP contribution >= 0.6 is 10.7 Å². The summed E-state index contributed by atoms with van der Waals surface area (Å²) in [5, 5.41) is 0. The number of carbonyl (C=O) groups is 1. The van der Waals surface area contributed by atoms with E-state index in [0.717, 1.165) is 5.56 Å². The van der Waals surface area contributed by atoms with E-state index in [1.807, 2.05) is 13.8 Å². The Morgan fingerprint density at radius 3 is 2.28 bits per heavy atom. The molecular weight excluding hydrogens is 274 g/mol. The molecule has 6 heteroatoms. The zero-order valence-electron chi connectivity index (χ0n) is 10.6. The molecule has 1 aromatic rings. The molecule has 0 atom stereocenters. The van der Waals surface area contributed by atoms with E-state index in [-0.39, 0.29) is 16.4 Å². The number of aryl methyl sites for hydroxylation is 1. The minimum Gasteiger partial charge on any atom is -0.339 e. The first-order valence-corrected chi connectivity index (χ1v) is 7.96. The number of benzene rings is 1. The van der Waals surface area contributed by atoms with Gasteiger partial charge in [0.05, 0.1) is 10.5 Å². The standard InChI is InChI=1S/C12H16ClNO3S/c1-4-14(5-2)12(15)10-8-9(3)6-7-11(10)18(13,16)17/h6-8H,4-5H2,1-3H3. The molecule has 0 aliphatic rings. The van der Waals surface area contributed by atoms with Crippen molar-refractivity contribution in [3.05, 3.63) is 29.3 Å². The van der Waals surface area contributed by atoms with Crippen LogP contribution in [0, 0.1) is 6.92 Å². The number of hydrogen-bond donors (Lipinski definition) is 0. The van der Waals surface area contributed by atoms with Gasteiger partial charge in [0.25, 0.3) is 15.0 Å². The summed E-state index contributed by atoms with van der Waals surface area (Å²) in [6.07, 6.45) is 0. The molecule has 18 heavy (non-hydrogen) atoms. The summed E-state index contributed by atoms with van der Waals surface area (Å²) >= 11 is 0. The van der Waals surface area contributed by atoms with Crippen molar-refractivity contribution in [1.29, 1.82) is 0 Å². The highest BCUT2D eigenvalue weighted by Crippen LogP contribution is 2.22. The summed E-state index contributed by atoms with van der Waals surface area (Å²) in [6, 6.07) is 4.54. The van der Waals surface area contributed by atoms with E-state index in [4.69, 9.17) is 10.7 Å². The van der Waals surface area contributed by atoms with Gasteiger partial charge in [-0.25, -0.2) is 8.42 Å². The summed E-state index contributed by atoms with van der Waals surface area (Å²) in [5.41, 5.74) is 0.947. The lowest BCUT2D eigenvalue weighted by molar-refractivity contribution is 0.0769. The van der Waals surface area contributed by atoms with Crippen LogP contribution in [0.15, 0.2) is 23.1 Å². The van der Waals surface area contributed by atoms with Gasteiger partial charge < -0.3 is 4.90 Å². The Morgan fingerprint density at radius 1 is 1.28 bits per heavy atom. The first kappa shape index (κ1) is 15.0. The molecule has 1 aromatic carbocycles. The van der Waals surface area contributed by atoms with Crippen molar-refractivity contribution in [3.63, 3.8) is 0 Å². The second-order valence-corrected chi connectivity index (χ2v) is 6.45. The van der Waals surface area contributed by atoms with E-state index in [1.165, 1.54) is 6.07 Å². The largest absolute Gasteiger partial charge is 0.339 e. The van der Waals surface area contributed by atoms with Crippen molar-refractivity contribution in [2.45, 2.75) is 25.7 Å². The Hall–Kier alpha value is -1.07. The normalized spacial score (nSPS) is 11.3. The quantitative estimate of drug-likeness (QED) is 0.800. The lowest BCUT2D eigenvalue weighted by atomic mass is 10.1. The second-order valence-electron chi connectivity index (χ2n) is 3.91. The smallest absolute Gasteiger partial charge is 0.262 e. The third-order valence-electron chi connectivity index (χ3n) is 2.68. The van der Waals surface area contributed by atoms with Crippen LogP contribution in [0.2, 0.25) is 0 Å². The highest BCUT2D eigenvalue weighted by Gasteiger charge is 2.23. The lowest BCUT2D eigenvalue weighted by Crippen LogP contribution is -2.31. The van der Waals surface area contributed by atoms with Crippen molar-refractivity contribution in [1.82, 2.24) is 4.90 Å². The lowest BCUT2D eigenvalue weighted by Gasteiger charge is -2.20. The zero-order chi connectivity index (χ0) is 13.9. The molecule has 0 spiro atoms. The highest BCUT2D eigenvalue weighted by atomic mass is 35.7. The Bertz CT molecular complexity index is 550. The highest BCUT2D eigenvalue weighted by molar-refractivity contribution is 8.13. The predicted molar refractivity (Wildman–Crippen MR) is 71.5 cm³/mol. The Labute approximate surface area is 112 Å². The third-order valence-corrected chi connectivity index (χ3v) is 4.06. The van der Waals surface area contributed by atoms with Crippen LogP contribution in [0.5, 0.6) is 0 Å². The van der Waals surface area contributed by atoms with Crippen LogP contribution < -0.4 is 0 Å². The van der Waals surface area contributed by atoms with Gasteiger partial charge in [-0.3, -0.25) is 4.79 Å². The summed E-state index contributed by atoms with van der Waals surface area (Å²) in [6.45, 7) is 6.51. The van der Waals surface area contributed by atoms with Gasteiger partial charge in [0.2, 0.25) is 0 Å². The van der Waals surface area contributed by atoms with Crippen LogP contribution in [-0.4, -0.2) is 32.3 Å². The predicted octanol–water partition coefficient (Wildman–Crippen LogP) is 2.40. The van der Waals surface area contributed by atoms with Gasteiger partial charge in [-0.1, -0.05) is 11.6 Å². The zero-order valence-corrected chi connectivity index (χ0v) is 12.2. The molecular formula is C12H16ClNO3S. The van der Waals surface area contributed by atoms with Crippen molar-refractivity contribution in [2.24, 2.45) is 0 Å². The fourth-order valence-electron chi connectivity index (χ4n) is 1.70. The summed E-state index contributed by atoms with van der Waals surface area (Å²) in [5.74, 6) is -0.317. The molecule has 0 bridgehead atoms. The molecule has 0 saturated heterocycles. The van der Waals surface area contributed by atoms with E-state index in [1.54, 1.807) is 24.0 Å². The molecule has 100 valence electrons. The van der Waals surface area contributed by atoms with E-state index < -0.39 is 9.05 Å². The number of hydrogen-bond acceptors (Lipinski definition) is 3. The van der Waals surface area contributed by atoms with Gasteiger partial charge in [0, 0.05) is 23.8 Å². The van der Waals surface area contributed by atoms with Gasteiger partial charge in [-0.05, 0) is 32.9 Å². The minimum absolute atomic E-state index is 0.133. The number of rotatable bonds is 4. The summed E-state index contributed by atoms with van der Waals surface area (Å²) in [7, 11) is 1.43. The maximum atomic E-state index is 12.2. The molecule has 1 amide bonds. The van der Waals surface area contributed by atoms with Gasteiger partial charge in [-0.2, -0.15) is 0 Å². The van der Waals surface area contributed by atoms with Gasteiger partial charge in [-0.15, -0.1) is 0 Å². The third kappa shape index (κ3) is 3.23. The summed E-state index contributed by atoms with van der Waals surface area (Å²) < 4.78 is 22.9. The molecule has 0 N–H and O–H groups in total. The molecule has 0 aromatic heterocycles. The van der Waals surface area contributed by atoms with Crippen molar-refractivity contribution in [3.8, 4) is 0 Å². The van der Waals surface area contributed by atoms with Gasteiger partial charge in [0.1, 0.15) is 0 Å². The fourth-order valence-corrected chi connectivity index (χ4v) is 2.75. The van der Waals surface area contributed by atoms with Crippen LogP contribution in [0.25, 0.3) is 0 Å². The number of halogens is 1. The van der Waals surface area contributed by atoms with Gasteiger partial charge in [0.15, 0.2) is 0 Å². The van der Waals surface area contributed by atoms with Crippen LogP contribution in [0.4, 0.5) is 0 Å². The molecule has 0 aliphatic carbocycles.